The summed E-state index contributed by atoms with van der Waals surface area (Å²) in [5.74, 6) is 0.605. The number of likely N-dealkylation sites (tertiary alicyclic amines) is 1. The summed E-state index contributed by atoms with van der Waals surface area (Å²) in [4.78, 5) is 14.7. The van der Waals surface area contributed by atoms with Crippen LogP contribution in [0.5, 0.6) is 0 Å². The average molecular weight is 243 g/mol. The number of hydrogen-bond acceptors (Lipinski definition) is 1. The first-order valence-electron chi connectivity index (χ1n) is 7.20. The number of nitrogens with zero attached hydrogens (tertiary/aromatic N) is 1. The number of carbonyl (C=O) groups excluding carboxylic acids is 1. The third kappa shape index (κ3) is 2.29. The van der Waals surface area contributed by atoms with Crippen molar-refractivity contribution in [3.63, 3.8) is 0 Å². The van der Waals surface area contributed by atoms with Gasteiger partial charge < -0.3 is 4.90 Å². The fraction of sp³-hybridized carbons (Fsp3) is 0.562. The highest BCUT2D eigenvalue weighted by Crippen LogP contribution is 2.28. The molecule has 1 aromatic carbocycles. The SMILES string of the molecule is O=C(C1Cc2ccccc2C1)N1CCCCCC1. The van der Waals surface area contributed by atoms with E-state index in [0.717, 1.165) is 25.9 Å². The molecular formula is C16H21NO. The van der Waals surface area contributed by atoms with Crippen LogP contribution >= 0.6 is 0 Å². The zero-order valence-corrected chi connectivity index (χ0v) is 10.9. The van der Waals surface area contributed by atoms with Crippen LogP contribution in [0.25, 0.3) is 0 Å². The van der Waals surface area contributed by atoms with E-state index in [1.807, 2.05) is 0 Å². The van der Waals surface area contributed by atoms with Crippen molar-refractivity contribution in [3.05, 3.63) is 35.4 Å². The summed E-state index contributed by atoms with van der Waals surface area (Å²) < 4.78 is 0. The van der Waals surface area contributed by atoms with E-state index < -0.39 is 0 Å². The molecule has 0 atom stereocenters. The fourth-order valence-electron chi connectivity index (χ4n) is 3.28. The fourth-order valence-corrected chi connectivity index (χ4v) is 3.28. The van der Waals surface area contributed by atoms with Gasteiger partial charge >= 0.3 is 0 Å². The van der Waals surface area contributed by atoms with Gasteiger partial charge in [-0.3, -0.25) is 4.79 Å². The Bertz CT molecular complexity index is 407. The second-order valence-electron chi connectivity index (χ2n) is 5.61. The minimum atomic E-state index is 0.209. The molecule has 1 aliphatic carbocycles. The van der Waals surface area contributed by atoms with Gasteiger partial charge in [-0.1, -0.05) is 37.1 Å². The number of rotatable bonds is 1. The van der Waals surface area contributed by atoms with Gasteiger partial charge in [-0.15, -0.1) is 0 Å². The molecule has 96 valence electrons. The Morgan fingerprint density at radius 1 is 0.944 bits per heavy atom. The third-order valence-electron chi connectivity index (χ3n) is 4.32. The van der Waals surface area contributed by atoms with Crippen LogP contribution in [0.1, 0.15) is 36.8 Å². The summed E-state index contributed by atoms with van der Waals surface area (Å²) in [5, 5.41) is 0. The molecule has 2 heteroatoms. The Hall–Kier alpha value is -1.31. The van der Waals surface area contributed by atoms with Crippen molar-refractivity contribution in [3.8, 4) is 0 Å². The van der Waals surface area contributed by atoms with Crippen molar-refractivity contribution < 1.29 is 4.79 Å². The van der Waals surface area contributed by atoms with Crippen LogP contribution in [0.15, 0.2) is 24.3 Å². The molecule has 1 heterocycles. The van der Waals surface area contributed by atoms with Crippen LogP contribution < -0.4 is 0 Å². The second kappa shape index (κ2) is 5.13. The zero-order chi connectivity index (χ0) is 12.4. The molecule has 0 N–H and O–H groups in total. The number of carbonyl (C=O) groups is 1. The van der Waals surface area contributed by atoms with E-state index >= 15 is 0 Å². The minimum absolute atomic E-state index is 0.209. The molecule has 0 saturated carbocycles. The average Bonchev–Trinajstić information content (AvgIpc) is 2.64. The summed E-state index contributed by atoms with van der Waals surface area (Å²) in [6.45, 7) is 1.96. The lowest BCUT2D eigenvalue weighted by atomic mass is 10.0. The molecule has 0 spiro atoms. The van der Waals surface area contributed by atoms with E-state index in [1.165, 1.54) is 36.8 Å². The molecule has 1 amide bonds. The van der Waals surface area contributed by atoms with E-state index in [2.05, 4.69) is 29.2 Å². The quantitative estimate of drug-likeness (QED) is 0.742. The number of amides is 1. The van der Waals surface area contributed by atoms with Crippen LogP contribution in [0.4, 0.5) is 0 Å². The number of fused-ring (bicyclic) bond motifs is 1. The molecule has 3 rings (SSSR count). The summed E-state index contributed by atoms with van der Waals surface area (Å²) in [6, 6.07) is 8.51. The molecule has 0 radical (unpaired) electrons. The predicted octanol–water partition coefficient (Wildman–Crippen LogP) is 2.80. The second-order valence-corrected chi connectivity index (χ2v) is 5.61. The first-order chi connectivity index (χ1) is 8.84. The maximum atomic E-state index is 12.5. The zero-order valence-electron chi connectivity index (χ0n) is 10.9. The predicted molar refractivity (Wildman–Crippen MR) is 72.4 cm³/mol. The van der Waals surface area contributed by atoms with E-state index in [4.69, 9.17) is 0 Å². The first-order valence-corrected chi connectivity index (χ1v) is 7.20. The topological polar surface area (TPSA) is 20.3 Å². The van der Waals surface area contributed by atoms with Crippen LogP contribution in [-0.4, -0.2) is 23.9 Å². The van der Waals surface area contributed by atoms with Crippen LogP contribution in [-0.2, 0) is 17.6 Å². The lowest BCUT2D eigenvalue weighted by Gasteiger charge is -2.23. The number of hydrogen-bond donors (Lipinski definition) is 0. The van der Waals surface area contributed by atoms with Crippen LogP contribution in [0, 0.1) is 5.92 Å². The third-order valence-corrected chi connectivity index (χ3v) is 4.32. The van der Waals surface area contributed by atoms with Gasteiger partial charge in [0.2, 0.25) is 5.91 Å². The monoisotopic (exact) mass is 243 g/mol. The standard InChI is InChI=1S/C16H21NO/c18-16(17-9-5-1-2-6-10-17)15-11-13-7-3-4-8-14(13)12-15/h3-4,7-8,15H,1-2,5-6,9-12H2. The molecule has 0 bridgehead atoms. The normalized spacial score (nSPS) is 20.6. The highest BCUT2D eigenvalue weighted by molar-refractivity contribution is 5.80. The lowest BCUT2D eigenvalue weighted by Crippen LogP contribution is -2.37. The van der Waals surface area contributed by atoms with Crippen molar-refractivity contribution in [1.29, 1.82) is 0 Å². The Labute approximate surface area is 109 Å². The largest absolute Gasteiger partial charge is 0.342 e. The van der Waals surface area contributed by atoms with Gasteiger partial charge in [0.05, 0.1) is 0 Å². The van der Waals surface area contributed by atoms with E-state index in [9.17, 15) is 4.79 Å². The Morgan fingerprint density at radius 2 is 1.50 bits per heavy atom. The molecule has 2 nitrogen and oxygen atoms in total. The number of benzene rings is 1. The molecule has 0 unspecified atom stereocenters. The molecule has 1 saturated heterocycles. The molecule has 2 aliphatic rings. The van der Waals surface area contributed by atoms with Crippen molar-refractivity contribution in [2.45, 2.75) is 38.5 Å². The van der Waals surface area contributed by atoms with E-state index in [-0.39, 0.29) is 5.92 Å². The summed E-state index contributed by atoms with van der Waals surface area (Å²) in [5.41, 5.74) is 2.76. The molecule has 1 aliphatic heterocycles. The van der Waals surface area contributed by atoms with Gasteiger partial charge in [-0.2, -0.15) is 0 Å². The molecule has 1 fully saturated rings. The maximum absolute atomic E-state index is 12.5. The molecular weight excluding hydrogens is 222 g/mol. The Kier molecular flexibility index (Phi) is 3.35. The van der Waals surface area contributed by atoms with Gasteiger partial charge in [0.25, 0.3) is 0 Å². The van der Waals surface area contributed by atoms with Gasteiger partial charge in [-0.25, -0.2) is 0 Å². The van der Waals surface area contributed by atoms with Crippen molar-refractivity contribution >= 4 is 5.91 Å². The van der Waals surface area contributed by atoms with Gasteiger partial charge in [0, 0.05) is 19.0 Å². The Morgan fingerprint density at radius 3 is 2.06 bits per heavy atom. The molecule has 18 heavy (non-hydrogen) atoms. The van der Waals surface area contributed by atoms with Crippen molar-refractivity contribution in [2.75, 3.05) is 13.1 Å². The van der Waals surface area contributed by atoms with E-state index in [0.29, 0.717) is 5.91 Å². The van der Waals surface area contributed by atoms with Crippen molar-refractivity contribution in [2.24, 2.45) is 5.92 Å². The molecule has 0 aromatic heterocycles. The van der Waals surface area contributed by atoms with Gasteiger partial charge in [-0.05, 0) is 36.8 Å². The summed E-state index contributed by atoms with van der Waals surface area (Å²) in [7, 11) is 0. The smallest absolute Gasteiger partial charge is 0.226 e. The van der Waals surface area contributed by atoms with Gasteiger partial charge in [0.15, 0.2) is 0 Å². The molecule has 1 aromatic rings. The maximum Gasteiger partial charge on any atom is 0.226 e. The summed E-state index contributed by atoms with van der Waals surface area (Å²) >= 11 is 0. The van der Waals surface area contributed by atoms with Crippen molar-refractivity contribution in [1.82, 2.24) is 4.90 Å². The Balaban J connectivity index is 1.68. The highest BCUT2D eigenvalue weighted by atomic mass is 16.2. The minimum Gasteiger partial charge on any atom is -0.342 e. The lowest BCUT2D eigenvalue weighted by molar-refractivity contribution is -0.135. The van der Waals surface area contributed by atoms with Crippen LogP contribution in [0.3, 0.4) is 0 Å². The van der Waals surface area contributed by atoms with Crippen LogP contribution in [0.2, 0.25) is 0 Å². The highest BCUT2D eigenvalue weighted by Gasteiger charge is 2.30. The summed E-state index contributed by atoms with van der Waals surface area (Å²) in [6.07, 6.45) is 6.84. The first kappa shape index (κ1) is 11.8. The van der Waals surface area contributed by atoms with Gasteiger partial charge in [0.1, 0.15) is 0 Å². The van der Waals surface area contributed by atoms with E-state index in [1.54, 1.807) is 0 Å².